The van der Waals surface area contributed by atoms with E-state index in [9.17, 15) is 0 Å². The van der Waals surface area contributed by atoms with Crippen LogP contribution in [-0.4, -0.2) is 36.4 Å². The third-order valence-electron chi connectivity index (χ3n) is 0. The van der Waals surface area contributed by atoms with E-state index in [2.05, 4.69) is 0 Å². The molecule has 30 valence electrons. The van der Waals surface area contributed by atoms with Crippen LogP contribution in [0.4, 0.5) is 0 Å². The van der Waals surface area contributed by atoms with Gasteiger partial charge in [-0.25, -0.2) is 0 Å². The van der Waals surface area contributed by atoms with E-state index >= 15 is 0 Å². The maximum absolute atomic E-state index is 8.67. The summed E-state index contributed by atoms with van der Waals surface area (Å²) >= 11 is -2.61. The van der Waals surface area contributed by atoms with Crippen molar-refractivity contribution in [3.63, 3.8) is 0 Å². The summed E-state index contributed by atoms with van der Waals surface area (Å²) in [6.07, 6.45) is 0. The zero-order valence-electron chi connectivity index (χ0n) is 4.42. The molecule has 0 fully saturated rings. The molecule has 0 atom stereocenters. The van der Waals surface area contributed by atoms with Crippen LogP contribution < -0.4 is 0 Å². The molecule has 5 heteroatoms. The number of rotatable bonds is 0. The van der Waals surface area contributed by atoms with E-state index in [1.54, 1.807) is 0 Å². The Morgan fingerprint density at radius 1 is 1.60 bits per heavy atom. The van der Waals surface area contributed by atoms with Crippen molar-refractivity contribution in [3.05, 3.63) is 0 Å². The third-order valence-corrected chi connectivity index (χ3v) is 0. The van der Waals surface area contributed by atoms with Crippen LogP contribution in [-0.2, 0) is 11.4 Å². The van der Waals surface area contributed by atoms with Crippen LogP contribution in [0.25, 0.3) is 0 Å². The van der Waals surface area contributed by atoms with E-state index in [0.717, 1.165) is 0 Å². The van der Waals surface area contributed by atoms with Gasteiger partial charge in [0.25, 0.3) is 11.4 Å². The van der Waals surface area contributed by atoms with Gasteiger partial charge in [-0.1, -0.05) is 0 Å². The van der Waals surface area contributed by atoms with E-state index < -0.39 is 11.4 Å². The molecule has 5 heavy (non-hydrogen) atoms. The quantitative estimate of drug-likeness (QED) is 0.326. The molecule has 2 N–H and O–H groups in total. The fourth-order valence-electron chi connectivity index (χ4n) is 0. The predicted octanol–water partition coefficient (Wildman–Crippen LogP) is -0.475. The molecule has 0 bridgehead atoms. The summed E-state index contributed by atoms with van der Waals surface area (Å²) in [7, 11) is 0. The van der Waals surface area contributed by atoms with Crippen LogP contribution in [0.1, 0.15) is 2.85 Å². The molecule has 0 saturated heterocycles. The topological polar surface area (TPSA) is 57.5 Å². The fraction of sp³-hybridized carbons (Fsp3) is 0. The second kappa shape index (κ2) is 4.84. The molecule has 0 aromatic heterocycles. The van der Waals surface area contributed by atoms with Crippen molar-refractivity contribution in [2.24, 2.45) is 0 Å². The van der Waals surface area contributed by atoms with Gasteiger partial charge >= 0.3 is 23.1 Å². The Morgan fingerprint density at radius 3 is 1.60 bits per heavy atom. The first-order valence-electron chi connectivity index (χ1n) is 0.532. The maximum atomic E-state index is 8.67. The molecule has 0 saturated carbocycles. The van der Waals surface area contributed by atoms with Gasteiger partial charge in [0.05, 0.1) is 0 Å². The minimum absolute atomic E-state index is 0. The van der Waals surface area contributed by atoms with Crippen LogP contribution in [0, 0.1) is 0 Å². The molecule has 0 aliphatic rings. The Kier molecular flexibility index (Phi) is 8.97. The zero-order valence-corrected chi connectivity index (χ0v) is 4.65. The minimum atomic E-state index is -2.61. The Bertz CT molecular complexity index is 35.9. The van der Waals surface area contributed by atoms with E-state index in [4.69, 9.17) is 13.3 Å². The van der Waals surface area contributed by atoms with Crippen molar-refractivity contribution < 1.29 is 16.2 Å². The molecule has 0 aromatic rings. The largest absolute Gasteiger partial charge is 2.00 e. The first-order valence-corrected chi connectivity index (χ1v) is 1.60. The van der Waals surface area contributed by atoms with Gasteiger partial charge in [-0.3, -0.25) is 9.11 Å². The first-order chi connectivity index (χ1) is 1.73. The van der Waals surface area contributed by atoms with Crippen molar-refractivity contribution in [1.82, 2.24) is 0 Å². The Morgan fingerprint density at radius 2 is 1.60 bits per heavy atom. The predicted molar refractivity (Wildman–Crippen MR) is 21.4 cm³/mol. The van der Waals surface area contributed by atoms with Crippen molar-refractivity contribution in [2.45, 2.75) is 0 Å². The van der Waals surface area contributed by atoms with Crippen molar-refractivity contribution >= 4 is 34.4 Å². The average Bonchev–Trinajstić information content (AvgIpc) is 0.811. The molecule has 0 heterocycles. The smallest absolute Gasteiger partial charge is 1.00 e. The summed E-state index contributed by atoms with van der Waals surface area (Å²) in [6.45, 7) is 0. The summed E-state index contributed by atoms with van der Waals surface area (Å²) in [5, 5.41) is 0. The van der Waals surface area contributed by atoms with Crippen molar-refractivity contribution in [1.29, 1.82) is 0 Å². The summed E-state index contributed by atoms with van der Waals surface area (Å²) in [5.74, 6) is 0. The molecule has 0 amide bonds. The number of hydrogen-bond acceptors (Lipinski definition) is 1. The molecule has 0 unspecified atom stereocenters. The molecule has 0 radical (unpaired) electrons. The summed E-state index contributed by atoms with van der Waals surface area (Å²) < 4.78 is 22.8. The van der Waals surface area contributed by atoms with Gasteiger partial charge in [-0.05, 0) is 0 Å². The van der Waals surface area contributed by atoms with Gasteiger partial charge in [0.15, 0.2) is 0 Å². The first kappa shape index (κ1) is 9.28. The molecule has 3 nitrogen and oxygen atoms in total. The molecular weight excluding hydrogens is 104 g/mol. The Hall–Kier alpha value is 0.836. The Labute approximate surface area is 51.0 Å². The third kappa shape index (κ3) is 55.6. The van der Waals surface area contributed by atoms with Gasteiger partial charge in [-0.2, -0.15) is 4.21 Å². The second-order valence-electron chi connectivity index (χ2n) is 0.231. The van der Waals surface area contributed by atoms with Crippen molar-refractivity contribution in [2.75, 3.05) is 0 Å². The van der Waals surface area contributed by atoms with Gasteiger partial charge in [0.1, 0.15) is 0 Å². The molecule has 0 aromatic carbocycles. The van der Waals surface area contributed by atoms with Crippen LogP contribution in [0.3, 0.4) is 0 Å². The molecule has 0 aliphatic heterocycles. The monoisotopic (exact) mass is 108 g/mol. The standard InChI is InChI=1S/Mg.H2O3S.2H/c;1-4(2)3;;/h;(H2,1,2,3);;/q+2;;2*-1. The van der Waals surface area contributed by atoms with Gasteiger partial charge < -0.3 is 2.85 Å². The number of hydrogen-bond donors (Lipinski definition) is 2. The summed E-state index contributed by atoms with van der Waals surface area (Å²) in [4.78, 5) is 0. The fourth-order valence-corrected chi connectivity index (χ4v) is 0. The molecule has 0 aliphatic carbocycles. The summed E-state index contributed by atoms with van der Waals surface area (Å²) in [6, 6.07) is 0. The van der Waals surface area contributed by atoms with E-state index in [-0.39, 0.29) is 25.9 Å². The van der Waals surface area contributed by atoms with Crippen LogP contribution in [0.2, 0.25) is 0 Å². The Balaban J connectivity index is -0.0000000150. The van der Waals surface area contributed by atoms with E-state index in [1.165, 1.54) is 0 Å². The molecule has 0 spiro atoms. The van der Waals surface area contributed by atoms with E-state index in [0.29, 0.717) is 0 Å². The molecule has 0 rings (SSSR count). The summed E-state index contributed by atoms with van der Waals surface area (Å²) in [5.41, 5.74) is 0. The van der Waals surface area contributed by atoms with Gasteiger partial charge in [0.2, 0.25) is 0 Å². The average molecular weight is 108 g/mol. The minimum Gasteiger partial charge on any atom is -1.00 e. The van der Waals surface area contributed by atoms with Crippen LogP contribution in [0.15, 0.2) is 0 Å². The van der Waals surface area contributed by atoms with Gasteiger partial charge in [-0.15, -0.1) is 0 Å². The van der Waals surface area contributed by atoms with Crippen molar-refractivity contribution in [3.8, 4) is 0 Å². The molecular formula is H4MgO3S. The van der Waals surface area contributed by atoms with E-state index in [1.807, 2.05) is 0 Å². The van der Waals surface area contributed by atoms with Crippen LogP contribution in [0.5, 0.6) is 0 Å². The second-order valence-corrected chi connectivity index (χ2v) is 0.692. The zero-order chi connectivity index (χ0) is 3.58. The maximum Gasteiger partial charge on any atom is 2.00 e. The SMILES string of the molecule is O=S(O)O.[H-].[H-].[Mg+2]. The van der Waals surface area contributed by atoms with Gasteiger partial charge in [0, 0.05) is 0 Å². The normalized spacial score (nSPS) is 7.00. The van der Waals surface area contributed by atoms with Crippen LogP contribution >= 0.6 is 0 Å².